The third-order valence-corrected chi connectivity index (χ3v) is 3.92. The van der Waals surface area contributed by atoms with Crippen molar-refractivity contribution in [2.45, 2.75) is 13.3 Å². The summed E-state index contributed by atoms with van der Waals surface area (Å²) in [4.78, 5) is 16.5. The standard InChI is InChI=1S/C21H18N4O/c1-2-15-3-7-17(8-4-15)24-19-11-12-23-20(13-19)21(26)25-18-9-5-16(14-22)6-10-18/h3-13H,2H2,1H3,(H,23,24)(H,25,26). The number of amides is 1. The number of nitrogens with one attached hydrogen (secondary N) is 2. The Labute approximate surface area is 152 Å². The zero-order chi connectivity index (χ0) is 18.4. The molecule has 3 rings (SSSR count). The molecule has 0 aliphatic heterocycles. The smallest absolute Gasteiger partial charge is 0.274 e. The lowest BCUT2D eigenvalue weighted by Crippen LogP contribution is -2.13. The van der Waals surface area contributed by atoms with Crippen LogP contribution in [0, 0.1) is 11.3 Å². The Bertz CT molecular complexity index is 941. The fourth-order valence-electron chi connectivity index (χ4n) is 2.45. The first-order chi connectivity index (χ1) is 12.7. The number of aryl methyl sites for hydroxylation is 1. The summed E-state index contributed by atoms with van der Waals surface area (Å²) < 4.78 is 0. The summed E-state index contributed by atoms with van der Waals surface area (Å²) in [7, 11) is 0. The fraction of sp³-hybridized carbons (Fsp3) is 0.0952. The van der Waals surface area contributed by atoms with Gasteiger partial charge in [-0.3, -0.25) is 9.78 Å². The average molecular weight is 342 g/mol. The van der Waals surface area contributed by atoms with Crippen LogP contribution in [0.1, 0.15) is 28.5 Å². The number of aromatic nitrogens is 1. The number of nitriles is 1. The van der Waals surface area contributed by atoms with E-state index in [4.69, 9.17) is 5.26 Å². The third kappa shape index (κ3) is 4.25. The number of hydrogen-bond donors (Lipinski definition) is 2. The number of carbonyl (C=O) groups is 1. The summed E-state index contributed by atoms with van der Waals surface area (Å²) in [6.45, 7) is 2.12. The van der Waals surface area contributed by atoms with Crippen LogP contribution < -0.4 is 10.6 Å². The minimum absolute atomic E-state index is 0.306. The van der Waals surface area contributed by atoms with Gasteiger partial charge in [0, 0.05) is 23.3 Å². The molecule has 5 heteroatoms. The van der Waals surface area contributed by atoms with Crippen molar-refractivity contribution in [2.24, 2.45) is 0 Å². The van der Waals surface area contributed by atoms with E-state index in [1.165, 1.54) is 5.56 Å². The Hall–Kier alpha value is -3.65. The predicted octanol–water partition coefficient (Wildman–Crippen LogP) is 4.51. The Morgan fingerprint density at radius 3 is 2.35 bits per heavy atom. The summed E-state index contributed by atoms with van der Waals surface area (Å²) in [6, 6.07) is 20.4. The number of benzene rings is 2. The quantitative estimate of drug-likeness (QED) is 0.715. The summed E-state index contributed by atoms with van der Waals surface area (Å²) in [5, 5.41) is 14.9. The zero-order valence-electron chi connectivity index (χ0n) is 14.4. The summed E-state index contributed by atoms with van der Waals surface area (Å²) in [5.74, 6) is -0.306. The molecule has 0 aliphatic rings. The molecular formula is C21H18N4O. The molecule has 0 radical (unpaired) electrons. The van der Waals surface area contributed by atoms with Crippen molar-refractivity contribution >= 4 is 23.0 Å². The molecule has 1 amide bonds. The minimum atomic E-state index is -0.306. The van der Waals surface area contributed by atoms with Crippen molar-refractivity contribution in [3.63, 3.8) is 0 Å². The fourth-order valence-corrected chi connectivity index (χ4v) is 2.45. The van der Waals surface area contributed by atoms with Crippen molar-refractivity contribution in [2.75, 3.05) is 10.6 Å². The van der Waals surface area contributed by atoms with Crippen LogP contribution >= 0.6 is 0 Å². The van der Waals surface area contributed by atoms with Crippen LogP contribution in [0.3, 0.4) is 0 Å². The van der Waals surface area contributed by atoms with Gasteiger partial charge in [-0.15, -0.1) is 0 Å². The van der Waals surface area contributed by atoms with Gasteiger partial charge >= 0.3 is 0 Å². The van der Waals surface area contributed by atoms with Crippen molar-refractivity contribution < 1.29 is 4.79 Å². The number of hydrogen-bond acceptors (Lipinski definition) is 4. The lowest BCUT2D eigenvalue weighted by atomic mass is 10.1. The molecule has 0 bridgehead atoms. The van der Waals surface area contributed by atoms with Gasteiger partial charge in [-0.1, -0.05) is 19.1 Å². The van der Waals surface area contributed by atoms with Crippen molar-refractivity contribution in [3.8, 4) is 6.07 Å². The van der Waals surface area contributed by atoms with Gasteiger partial charge in [-0.05, 0) is 60.5 Å². The molecule has 128 valence electrons. The van der Waals surface area contributed by atoms with Crippen molar-refractivity contribution in [1.29, 1.82) is 5.26 Å². The molecule has 0 aliphatic carbocycles. The van der Waals surface area contributed by atoms with E-state index >= 15 is 0 Å². The van der Waals surface area contributed by atoms with Gasteiger partial charge in [0.25, 0.3) is 5.91 Å². The molecule has 0 atom stereocenters. The molecule has 26 heavy (non-hydrogen) atoms. The lowest BCUT2D eigenvalue weighted by Gasteiger charge is -2.09. The highest BCUT2D eigenvalue weighted by Crippen LogP contribution is 2.18. The van der Waals surface area contributed by atoms with E-state index < -0.39 is 0 Å². The van der Waals surface area contributed by atoms with E-state index in [1.807, 2.05) is 24.3 Å². The van der Waals surface area contributed by atoms with Gasteiger partial charge in [0.15, 0.2) is 0 Å². The van der Waals surface area contributed by atoms with E-state index in [2.05, 4.69) is 34.7 Å². The van der Waals surface area contributed by atoms with E-state index in [0.717, 1.165) is 17.8 Å². The molecular weight excluding hydrogens is 324 g/mol. The van der Waals surface area contributed by atoms with Crippen LogP contribution in [-0.2, 0) is 6.42 Å². The molecule has 3 aromatic rings. The molecule has 1 aromatic heterocycles. The number of nitrogens with zero attached hydrogens (tertiary/aromatic N) is 2. The molecule has 0 saturated heterocycles. The van der Waals surface area contributed by atoms with Crippen molar-refractivity contribution in [3.05, 3.63) is 83.7 Å². The van der Waals surface area contributed by atoms with Crippen LogP contribution in [0.4, 0.5) is 17.1 Å². The second kappa shape index (κ2) is 7.95. The van der Waals surface area contributed by atoms with E-state index in [1.54, 1.807) is 36.5 Å². The second-order valence-corrected chi connectivity index (χ2v) is 5.75. The topological polar surface area (TPSA) is 77.8 Å². The molecule has 1 heterocycles. The maximum absolute atomic E-state index is 12.4. The molecule has 2 aromatic carbocycles. The summed E-state index contributed by atoms with van der Waals surface area (Å²) >= 11 is 0. The van der Waals surface area contributed by atoms with Gasteiger partial charge < -0.3 is 10.6 Å². The predicted molar refractivity (Wildman–Crippen MR) is 102 cm³/mol. The number of pyridine rings is 1. The first kappa shape index (κ1) is 17.2. The van der Waals surface area contributed by atoms with E-state index in [9.17, 15) is 4.79 Å². The molecule has 0 spiro atoms. The van der Waals surface area contributed by atoms with Crippen LogP contribution in [0.25, 0.3) is 0 Å². The molecule has 5 nitrogen and oxygen atoms in total. The Kier molecular flexibility index (Phi) is 5.25. The summed E-state index contributed by atoms with van der Waals surface area (Å²) in [6.07, 6.45) is 2.59. The SMILES string of the molecule is CCc1ccc(Nc2ccnc(C(=O)Nc3ccc(C#N)cc3)c2)cc1. The second-order valence-electron chi connectivity index (χ2n) is 5.75. The summed E-state index contributed by atoms with van der Waals surface area (Å²) in [5.41, 5.74) is 4.48. The number of carbonyl (C=O) groups excluding carboxylic acids is 1. The lowest BCUT2D eigenvalue weighted by molar-refractivity contribution is 0.102. The highest BCUT2D eigenvalue weighted by atomic mass is 16.1. The zero-order valence-corrected chi connectivity index (χ0v) is 14.4. The van der Waals surface area contributed by atoms with Gasteiger partial charge in [0.1, 0.15) is 5.69 Å². The van der Waals surface area contributed by atoms with Gasteiger partial charge in [-0.25, -0.2) is 0 Å². The third-order valence-electron chi connectivity index (χ3n) is 3.92. The number of anilines is 3. The average Bonchev–Trinajstić information content (AvgIpc) is 2.69. The Morgan fingerprint density at radius 2 is 1.69 bits per heavy atom. The van der Waals surface area contributed by atoms with E-state index in [-0.39, 0.29) is 5.91 Å². The largest absolute Gasteiger partial charge is 0.355 e. The highest BCUT2D eigenvalue weighted by Gasteiger charge is 2.09. The minimum Gasteiger partial charge on any atom is -0.355 e. The van der Waals surface area contributed by atoms with Gasteiger partial charge in [-0.2, -0.15) is 5.26 Å². The molecule has 0 fully saturated rings. The Morgan fingerprint density at radius 1 is 1.00 bits per heavy atom. The van der Waals surface area contributed by atoms with E-state index in [0.29, 0.717) is 16.9 Å². The number of rotatable bonds is 5. The van der Waals surface area contributed by atoms with Gasteiger partial charge in [0.05, 0.1) is 11.6 Å². The van der Waals surface area contributed by atoms with Crippen LogP contribution in [-0.4, -0.2) is 10.9 Å². The highest BCUT2D eigenvalue weighted by molar-refractivity contribution is 6.03. The normalized spacial score (nSPS) is 10.0. The molecule has 0 saturated carbocycles. The van der Waals surface area contributed by atoms with Crippen LogP contribution in [0.2, 0.25) is 0 Å². The van der Waals surface area contributed by atoms with Crippen molar-refractivity contribution in [1.82, 2.24) is 4.98 Å². The van der Waals surface area contributed by atoms with Crippen LogP contribution in [0.15, 0.2) is 66.9 Å². The first-order valence-electron chi connectivity index (χ1n) is 8.31. The maximum Gasteiger partial charge on any atom is 0.274 e. The maximum atomic E-state index is 12.4. The molecule has 0 unspecified atom stereocenters. The van der Waals surface area contributed by atoms with Crippen LogP contribution in [0.5, 0.6) is 0 Å². The monoisotopic (exact) mass is 342 g/mol. The first-order valence-corrected chi connectivity index (χ1v) is 8.31. The van der Waals surface area contributed by atoms with Gasteiger partial charge in [0.2, 0.25) is 0 Å². The Balaban J connectivity index is 1.71. The molecule has 2 N–H and O–H groups in total.